The van der Waals surface area contributed by atoms with Gasteiger partial charge in [0.1, 0.15) is 10.7 Å². The summed E-state index contributed by atoms with van der Waals surface area (Å²) >= 11 is 11.8. The topological polar surface area (TPSA) is 68.0 Å². The van der Waals surface area contributed by atoms with E-state index in [2.05, 4.69) is 15.3 Å². The highest BCUT2D eigenvalue weighted by molar-refractivity contribution is 6.31. The fourth-order valence-corrected chi connectivity index (χ4v) is 2.86. The third-order valence-electron chi connectivity index (χ3n) is 3.71. The van der Waals surface area contributed by atoms with Crippen molar-refractivity contribution in [2.24, 2.45) is 0 Å². The molecular formula is C19H11Cl2N3O2. The highest BCUT2D eigenvalue weighted by Crippen LogP contribution is 2.26. The third-order valence-corrected chi connectivity index (χ3v) is 4.15. The monoisotopic (exact) mass is 383 g/mol. The molecule has 0 bridgehead atoms. The van der Waals surface area contributed by atoms with Crippen LogP contribution in [-0.2, 0) is 0 Å². The molecule has 0 saturated carbocycles. The predicted molar refractivity (Wildman–Crippen MR) is 102 cm³/mol. The number of benzene rings is 2. The lowest BCUT2D eigenvalue weighted by atomic mass is 10.2. The molecule has 0 fully saturated rings. The van der Waals surface area contributed by atoms with E-state index in [4.69, 9.17) is 27.6 Å². The molecule has 0 aliphatic carbocycles. The molecule has 5 nitrogen and oxygen atoms in total. The van der Waals surface area contributed by atoms with Crippen LogP contribution < -0.4 is 5.32 Å². The van der Waals surface area contributed by atoms with E-state index in [0.29, 0.717) is 44.0 Å². The van der Waals surface area contributed by atoms with Crippen LogP contribution in [0.4, 0.5) is 5.69 Å². The zero-order valence-electron chi connectivity index (χ0n) is 13.2. The zero-order chi connectivity index (χ0) is 18.1. The first kappa shape index (κ1) is 16.6. The average molecular weight is 384 g/mol. The van der Waals surface area contributed by atoms with Crippen LogP contribution in [0.2, 0.25) is 10.2 Å². The van der Waals surface area contributed by atoms with Gasteiger partial charge in [-0.15, -0.1) is 0 Å². The number of carbonyl (C=O) groups is 1. The number of fused-ring (bicyclic) bond motifs is 1. The van der Waals surface area contributed by atoms with Crippen molar-refractivity contribution < 1.29 is 9.21 Å². The van der Waals surface area contributed by atoms with Crippen molar-refractivity contribution in [1.82, 2.24) is 9.97 Å². The maximum atomic E-state index is 12.5. The Hall–Kier alpha value is -2.89. The quantitative estimate of drug-likeness (QED) is 0.477. The van der Waals surface area contributed by atoms with Gasteiger partial charge in [0.25, 0.3) is 5.91 Å². The molecule has 4 rings (SSSR count). The lowest BCUT2D eigenvalue weighted by molar-refractivity contribution is 0.102. The number of oxazole rings is 1. The van der Waals surface area contributed by atoms with Gasteiger partial charge < -0.3 is 9.73 Å². The summed E-state index contributed by atoms with van der Waals surface area (Å²) in [5, 5.41) is 3.71. The standard InChI is InChI=1S/C19H11Cl2N3O2/c20-13-2-1-3-14(10-13)23-18(25)11-4-5-16-15(8-11)24-19(26-16)12-6-7-22-17(21)9-12/h1-10H,(H,23,25). The molecule has 0 radical (unpaired) electrons. The summed E-state index contributed by atoms with van der Waals surface area (Å²) in [7, 11) is 0. The maximum Gasteiger partial charge on any atom is 0.255 e. The van der Waals surface area contributed by atoms with Crippen molar-refractivity contribution in [3.8, 4) is 11.5 Å². The van der Waals surface area contributed by atoms with Crippen LogP contribution >= 0.6 is 23.2 Å². The average Bonchev–Trinajstić information content (AvgIpc) is 3.05. The fraction of sp³-hybridized carbons (Fsp3) is 0. The second-order valence-electron chi connectivity index (χ2n) is 5.53. The van der Waals surface area contributed by atoms with Gasteiger partial charge >= 0.3 is 0 Å². The Bertz CT molecular complexity index is 1120. The van der Waals surface area contributed by atoms with Crippen molar-refractivity contribution in [3.63, 3.8) is 0 Å². The molecule has 1 amide bonds. The van der Waals surface area contributed by atoms with E-state index in [9.17, 15) is 4.79 Å². The molecule has 0 spiro atoms. The Morgan fingerprint density at radius 2 is 1.92 bits per heavy atom. The van der Waals surface area contributed by atoms with Gasteiger partial charge in [0.2, 0.25) is 5.89 Å². The molecule has 1 N–H and O–H groups in total. The number of pyridine rings is 1. The van der Waals surface area contributed by atoms with Crippen LogP contribution in [-0.4, -0.2) is 15.9 Å². The van der Waals surface area contributed by atoms with Crippen molar-refractivity contribution in [2.45, 2.75) is 0 Å². The molecular weight excluding hydrogens is 373 g/mol. The summed E-state index contributed by atoms with van der Waals surface area (Å²) in [6.45, 7) is 0. The molecule has 0 aliphatic rings. The summed E-state index contributed by atoms with van der Waals surface area (Å²) in [5.41, 5.74) is 2.95. The Balaban J connectivity index is 1.64. The lowest BCUT2D eigenvalue weighted by Gasteiger charge is -2.05. The first-order chi connectivity index (χ1) is 12.6. The smallest absolute Gasteiger partial charge is 0.255 e. The van der Waals surface area contributed by atoms with Gasteiger partial charge in [-0.2, -0.15) is 0 Å². The van der Waals surface area contributed by atoms with Gasteiger partial charge in [-0.1, -0.05) is 29.3 Å². The van der Waals surface area contributed by atoms with Gasteiger partial charge in [-0.05, 0) is 48.5 Å². The summed E-state index contributed by atoms with van der Waals surface area (Å²) in [6, 6.07) is 15.4. The SMILES string of the molecule is O=C(Nc1cccc(Cl)c1)c1ccc2oc(-c3ccnc(Cl)c3)nc2c1. The van der Waals surface area contributed by atoms with Crippen molar-refractivity contribution in [2.75, 3.05) is 5.32 Å². The van der Waals surface area contributed by atoms with Crippen LogP contribution in [0, 0.1) is 0 Å². The minimum atomic E-state index is -0.259. The van der Waals surface area contributed by atoms with Crippen molar-refractivity contribution in [1.29, 1.82) is 0 Å². The number of anilines is 1. The largest absolute Gasteiger partial charge is 0.436 e. The first-order valence-electron chi connectivity index (χ1n) is 7.68. The van der Waals surface area contributed by atoms with Crippen molar-refractivity contribution in [3.05, 3.63) is 76.5 Å². The van der Waals surface area contributed by atoms with E-state index in [1.807, 2.05) is 0 Å². The molecule has 2 aromatic heterocycles. The predicted octanol–water partition coefficient (Wildman–Crippen LogP) is 5.45. The molecule has 2 aromatic carbocycles. The normalized spacial score (nSPS) is 10.8. The number of carbonyl (C=O) groups excluding carboxylic acids is 1. The number of aromatic nitrogens is 2. The second-order valence-corrected chi connectivity index (χ2v) is 6.36. The lowest BCUT2D eigenvalue weighted by Crippen LogP contribution is -2.11. The third kappa shape index (κ3) is 3.40. The Morgan fingerprint density at radius 3 is 2.73 bits per heavy atom. The summed E-state index contributed by atoms with van der Waals surface area (Å²) in [6.07, 6.45) is 1.58. The van der Waals surface area contributed by atoms with Gasteiger partial charge in [0.15, 0.2) is 5.58 Å². The summed E-state index contributed by atoms with van der Waals surface area (Å²) in [5.74, 6) is 0.155. The van der Waals surface area contributed by atoms with Crippen LogP contribution in [0.25, 0.3) is 22.6 Å². The minimum Gasteiger partial charge on any atom is -0.436 e. The number of rotatable bonds is 3. The van der Waals surface area contributed by atoms with E-state index in [0.717, 1.165) is 0 Å². The molecule has 0 aliphatic heterocycles. The van der Waals surface area contributed by atoms with Crippen LogP contribution in [0.15, 0.2) is 65.2 Å². The molecule has 0 unspecified atom stereocenters. The Labute approximate surface area is 158 Å². The first-order valence-corrected chi connectivity index (χ1v) is 8.43. The second kappa shape index (κ2) is 6.78. The Morgan fingerprint density at radius 1 is 1.04 bits per heavy atom. The summed E-state index contributed by atoms with van der Waals surface area (Å²) < 4.78 is 5.73. The van der Waals surface area contributed by atoms with E-state index in [1.54, 1.807) is 60.8 Å². The van der Waals surface area contributed by atoms with Crippen molar-refractivity contribution >= 4 is 45.9 Å². The number of nitrogens with zero attached hydrogens (tertiary/aromatic N) is 2. The number of hydrogen-bond donors (Lipinski definition) is 1. The van der Waals surface area contributed by atoms with E-state index >= 15 is 0 Å². The van der Waals surface area contributed by atoms with Crippen LogP contribution in [0.5, 0.6) is 0 Å². The van der Waals surface area contributed by atoms with Gasteiger partial charge in [0.05, 0.1) is 0 Å². The molecule has 7 heteroatoms. The molecule has 2 heterocycles. The van der Waals surface area contributed by atoms with Crippen LogP contribution in [0.1, 0.15) is 10.4 Å². The Kier molecular flexibility index (Phi) is 4.32. The van der Waals surface area contributed by atoms with Gasteiger partial charge in [-0.25, -0.2) is 9.97 Å². The van der Waals surface area contributed by atoms with E-state index < -0.39 is 0 Å². The van der Waals surface area contributed by atoms with Crippen LogP contribution in [0.3, 0.4) is 0 Å². The molecule has 128 valence electrons. The minimum absolute atomic E-state index is 0.259. The highest BCUT2D eigenvalue weighted by Gasteiger charge is 2.13. The number of amides is 1. The maximum absolute atomic E-state index is 12.5. The molecule has 0 atom stereocenters. The van der Waals surface area contributed by atoms with Gasteiger partial charge in [-0.3, -0.25) is 4.79 Å². The molecule has 4 aromatic rings. The number of nitrogens with one attached hydrogen (secondary N) is 1. The fourth-order valence-electron chi connectivity index (χ4n) is 2.50. The van der Waals surface area contributed by atoms with Gasteiger partial charge in [0, 0.05) is 28.0 Å². The van der Waals surface area contributed by atoms with E-state index in [1.165, 1.54) is 0 Å². The van der Waals surface area contributed by atoms with E-state index in [-0.39, 0.29) is 5.91 Å². The number of halogens is 2. The number of hydrogen-bond acceptors (Lipinski definition) is 4. The highest BCUT2D eigenvalue weighted by atomic mass is 35.5. The zero-order valence-corrected chi connectivity index (χ0v) is 14.8. The molecule has 0 saturated heterocycles. The summed E-state index contributed by atoms with van der Waals surface area (Å²) in [4.78, 5) is 20.8. The molecule has 26 heavy (non-hydrogen) atoms.